The van der Waals surface area contributed by atoms with Crippen molar-refractivity contribution in [3.63, 3.8) is 0 Å². The lowest BCUT2D eigenvalue weighted by Gasteiger charge is -2.12. The van der Waals surface area contributed by atoms with Gasteiger partial charge in [-0.25, -0.2) is 4.98 Å². The first-order valence-corrected chi connectivity index (χ1v) is 6.36. The van der Waals surface area contributed by atoms with Gasteiger partial charge in [-0.05, 0) is 5.92 Å². The van der Waals surface area contributed by atoms with Gasteiger partial charge in [0.25, 0.3) is 0 Å². The third-order valence-corrected chi connectivity index (χ3v) is 4.06. The monoisotopic (exact) mass is 230 g/mol. The van der Waals surface area contributed by atoms with Gasteiger partial charge in [0.2, 0.25) is 0 Å². The molecule has 14 heavy (non-hydrogen) atoms. The molecule has 2 atom stereocenters. The Morgan fingerprint density at radius 2 is 2.50 bits per heavy atom. The zero-order valence-electron chi connectivity index (χ0n) is 8.32. The molecule has 0 bridgehead atoms. The van der Waals surface area contributed by atoms with Crippen LogP contribution in [0, 0.1) is 5.92 Å². The molecule has 1 fully saturated rings. The van der Waals surface area contributed by atoms with Crippen LogP contribution in [0.4, 0.5) is 0 Å². The summed E-state index contributed by atoms with van der Waals surface area (Å²) in [5.41, 5.74) is 0. The summed E-state index contributed by atoms with van der Waals surface area (Å²) in [6.45, 7) is 5.33. The number of thiazole rings is 1. The maximum absolute atomic E-state index is 6.25. The van der Waals surface area contributed by atoms with Gasteiger partial charge in [-0.1, -0.05) is 13.3 Å². The molecule has 1 aliphatic heterocycles. The number of nitrogens with zero attached hydrogens (tertiary/aromatic N) is 2. The first kappa shape index (κ1) is 10.4. The highest BCUT2D eigenvalue weighted by Gasteiger charge is 2.29. The number of aromatic nitrogens is 1. The molecule has 1 aliphatic rings. The molecular weight excluding hydrogens is 216 g/mol. The molecule has 0 spiro atoms. The molecule has 2 unspecified atom stereocenters. The molecular formula is C10H15ClN2S. The molecule has 2 rings (SSSR count). The molecule has 78 valence electrons. The number of hydrogen-bond acceptors (Lipinski definition) is 3. The molecule has 1 aromatic rings. The standard InChI is InChI=1S/C10H15ClN2S/c1-2-8-5-13(6-9(8)11)7-10-12-3-4-14-10/h3-4,8-9H,2,5-7H2,1H3. The smallest absolute Gasteiger partial charge is 0.107 e. The van der Waals surface area contributed by atoms with E-state index < -0.39 is 0 Å². The SMILES string of the molecule is CCC1CN(Cc2nccs2)CC1Cl. The third-order valence-electron chi connectivity index (χ3n) is 2.80. The second-order valence-corrected chi connectivity index (χ2v) is 5.34. The summed E-state index contributed by atoms with van der Waals surface area (Å²) in [4.78, 5) is 6.70. The van der Waals surface area contributed by atoms with E-state index >= 15 is 0 Å². The van der Waals surface area contributed by atoms with Crippen molar-refractivity contribution in [3.05, 3.63) is 16.6 Å². The Bertz CT molecular complexity index is 276. The van der Waals surface area contributed by atoms with Crippen molar-refractivity contribution >= 4 is 22.9 Å². The molecule has 0 saturated carbocycles. The van der Waals surface area contributed by atoms with Gasteiger partial charge in [-0.3, -0.25) is 4.90 Å². The predicted molar refractivity (Wildman–Crippen MR) is 60.8 cm³/mol. The van der Waals surface area contributed by atoms with E-state index in [1.807, 2.05) is 11.6 Å². The average molecular weight is 231 g/mol. The highest BCUT2D eigenvalue weighted by Crippen LogP contribution is 2.26. The van der Waals surface area contributed by atoms with Gasteiger partial charge in [-0.15, -0.1) is 22.9 Å². The van der Waals surface area contributed by atoms with Gasteiger partial charge in [0.15, 0.2) is 0 Å². The summed E-state index contributed by atoms with van der Waals surface area (Å²) >= 11 is 7.98. The van der Waals surface area contributed by atoms with E-state index in [-0.39, 0.29) is 0 Å². The Kier molecular flexibility index (Phi) is 3.42. The summed E-state index contributed by atoms with van der Waals surface area (Å²) in [6.07, 6.45) is 3.05. The van der Waals surface area contributed by atoms with Crippen LogP contribution >= 0.6 is 22.9 Å². The molecule has 1 aromatic heterocycles. The second kappa shape index (κ2) is 4.60. The lowest BCUT2D eigenvalue weighted by molar-refractivity contribution is 0.315. The number of hydrogen-bond donors (Lipinski definition) is 0. The largest absolute Gasteiger partial charge is 0.295 e. The van der Waals surface area contributed by atoms with Crippen LogP contribution in [0.3, 0.4) is 0 Å². The first-order chi connectivity index (χ1) is 6.79. The van der Waals surface area contributed by atoms with Crippen LogP contribution in [0.5, 0.6) is 0 Å². The van der Waals surface area contributed by atoms with E-state index in [0.29, 0.717) is 11.3 Å². The average Bonchev–Trinajstić information content (AvgIpc) is 2.76. The van der Waals surface area contributed by atoms with Crippen LogP contribution in [-0.4, -0.2) is 28.4 Å². The second-order valence-electron chi connectivity index (χ2n) is 3.80. The molecule has 0 N–H and O–H groups in total. The van der Waals surface area contributed by atoms with Crippen molar-refractivity contribution in [2.45, 2.75) is 25.3 Å². The van der Waals surface area contributed by atoms with Crippen molar-refractivity contribution in [1.29, 1.82) is 0 Å². The molecule has 1 saturated heterocycles. The zero-order chi connectivity index (χ0) is 9.97. The predicted octanol–water partition coefficient (Wildman–Crippen LogP) is 2.59. The van der Waals surface area contributed by atoms with Crippen LogP contribution < -0.4 is 0 Å². The van der Waals surface area contributed by atoms with E-state index in [1.165, 1.54) is 11.4 Å². The summed E-state index contributed by atoms with van der Waals surface area (Å²) < 4.78 is 0. The Hall–Kier alpha value is -0.120. The van der Waals surface area contributed by atoms with Crippen LogP contribution in [0.2, 0.25) is 0 Å². The van der Waals surface area contributed by atoms with Gasteiger partial charge >= 0.3 is 0 Å². The van der Waals surface area contributed by atoms with Gasteiger partial charge in [0.05, 0.1) is 11.9 Å². The van der Waals surface area contributed by atoms with Gasteiger partial charge in [0, 0.05) is 24.7 Å². The summed E-state index contributed by atoms with van der Waals surface area (Å²) in [6, 6.07) is 0. The molecule has 0 aliphatic carbocycles. The van der Waals surface area contributed by atoms with E-state index in [2.05, 4.69) is 16.8 Å². The minimum Gasteiger partial charge on any atom is -0.295 e. The first-order valence-electron chi connectivity index (χ1n) is 5.04. The molecule has 2 heterocycles. The summed E-state index contributed by atoms with van der Waals surface area (Å²) in [5, 5.41) is 3.56. The lowest BCUT2D eigenvalue weighted by atomic mass is 10.1. The minimum atomic E-state index is 0.333. The van der Waals surface area contributed by atoms with Crippen molar-refractivity contribution in [2.24, 2.45) is 5.92 Å². The number of halogens is 1. The van der Waals surface area contributed by atoms with E-state index in [9.17, 15) is 0 Å². The fourth-order valence-electron chi connectivity index (χ4n) is 1.95. The molecule has 0 radical (unpaired) electrons. The fourth-order valence-corrected chi connectivity index (χ4v) is 3.06. The zero-order valence-corrected chi connectivity index (χ0v) is 9.89. The van der Waals surface area contributed by atoms with Crippen molar-refractivity contribution in [1.82, 2.24) is 9.88 Å². The van der Waals surface area contributed by atoms with E-state index in [1.54, 1.807) is 11.3 Å². The molecule has 0 aromatic carbocycles. The Morgan fingerprint density at radius 1 is 1.64 bits per heavy atom. The van der Waals surface area contributed by atoms with E-state index in [0.717, 1.165) is 19.6 Å². The van der Waals surface area contributed by atoms with Crippen LogP contribution in [-0.2, 0) is 6.54 Å². The third kappa shape index (κ3) is 2.27. The van der Waals surface area contributed by atoms with E-state index in [4.69, 9.17) is 11.6 Å². The highest BCUT2D eigenvalue weighted by atomic mass is 35.5. The Labute approximate surface area is 93.9 Å². The minimum absolute atomic E-state index is 0.333. The fraction of sp³-hybridized carbons (Fsp3) is 0.700. The maximum atomic E-state index is 6.25. The number of rotatable bonds is 3. The molecule has 0 amide bonds. The van der Waals surface area contributed by atoms with Crippen LogP contribution in [0.15, 0.2) is 11.6 Å². The van der Waals surface area contributed by atoms with Crippen molar-refractivity contribution < 1.29 is 0 Å². The number of alkyl halides is 1. The maximum Gasteiger partial charge on any atom is 0.107 e. The van der Waals surface area contributed by atoms with Crippen molar-refractivity contribution in [3.8, 4) is 0 Å². The Balaban J connectivity index is 1.89. The highest BCUT2D eigenvalue weighted by molar-refractivity contribution is 7.09. The van der Waals surface area contributed by atoms with Crippen LogP contribution in [0.1, 0.15) is 18.4 Å². The Morgan fingerprint density at radius 3 is 3.07 bits per heavy atom. The van der Waals surface area contributed by atoms with Gasteiger partial charge in [-0.2, -0.15) is 0 Å². The molecule has 4 heteroatoms. The van der Waals surface area contributed by atoms with Crippen LogP contribution in [0.25, 0.3) is 0 Å². The summed E-state index contributed by atoms with van der Waals surface area (Å²) in [5.74, 6) is 0.664. The topological polar surface area (TPSA) is 16.1 Å². The summed E-state index contributed by atoms with van der Waals surface area (Å²) in [7, 11) is 0. The number of likely N-dealkylation sites (tertiary alicyclic amines) is 1. The van der Waals surface area contributed by atoms with Gasteiger partial charge in [0.1, 0.15) is 5.01 Å². The molecule has 2 nitrogen and oxygen atoms in total. The lowest BCUT2D eigenvalue weighted by Crippen LogP contribution is -2.20. The quantitative estimate of drug-likeness (QED) is 0.743. The van der Waals surface area contributed by atoms with Crippen molar-refractivity contribution in [2.75, 3.05) is 13.1 Å². The van der Waals surface area contributed by atoms with Gasteiger partial charge < -0.3 is 0 Å². The normalized spacial score (nSPS) is 28.4.